The Hall–Kier alpha value is -3.32. The molecule has 0 saturated heterocycles. The number of furan rings is 1. The van der Waals surface area contributed by atoms with E-state index in [4.69, 9.17) is 18.6 Å². The average Bonchev–Trinajstić information content (AvgIpc) is 3.24. The van der Waals surface area contributed by atoms with Gasteiger partial charge in [0.2, 0.25) is 0 Å². The van der Waals surface area contributed by atoms with Crippen molar-refractivity contribution < 1.29 is 28.2 Å². The number of hydrogen-bond acceptors (Lipinski definition) is 7. The number of hydrogen-bond donors (Lipinski definition) is 1. The minimum atomic E-state index is -0.608. The van der Waals surface area contributed by atoms with Crippen LogP contribution in [0, 0.1) is 6.92 Å². The molecule has 1 N–H and O–H groups in total. The number of Topliss-reactive ketones (excluding diaryl/α,β-unsaturated/α-hetero) is 1. The Balaban J connectivity index is 1.72. The largest absolute Gasteiger partial charge is 0.497 e. The average molecular weight is 452 g/mol. The fourth-order valence-corrected chi connectivity index (χ4v) is 4.63. The van der Waals surface area contributed by atoms with Gasteiger partial charge in [0.25, 0.3) is 0 Å². The molecule has 33 heavy (non-hydrogen) atoms. The van der Waals surface area contributed by atoms with Crippen molar-refractivity contribution in [2.45, 2.75) is 38.5 Å². The highest BCUT2D eigenvalue weighted by molar-refractivity contribution is 6.04. The second-order valence-corrected chi connectivity index (χ2v) is 8.37. The van der Waals surface area contributed by atoms with Crippen molar-refractivity contribution in [3.05, 3.63) is 76.0 Å². The predicted octanol–water partition coefficient (Wildman–Crippen LogP) is 4.15. The molecule has 1 aromatic carbocycles. The van der Waals surface area contributed by atoms with Crippen molar-refractivity contribution in [3.8, 4) is 5.75 Å². The number of dihydropyridines is 1. The number of aryl methyl sites for hydroxylation is 1. The van der Waals surface area contributed by atoms with Crippen LogP contribution in [0.25, 0.3) is 0 Å². The van der Waals surface area contributed by atoms with Crippen LogP contribution >= 0.6 is 0 Å². The van der Waals surface area contributed by atoms with Gasteiger partial charge in [0, 0.05) is 30.5 Å². The smallest absolute Gasteiger partial charge is 0.336 e. The molecule has 4 rings (SSSR count). The van der Waals surface area contributed by atoms with Crippen LogP contribution in [0.4, 0.5) is 0 Å². The van der Waals surface area contributed by atoms with Crippen molar-refractivity contribution in [2.75, 3.05) is 27.4 Å². The molecule has 2 heterocycles. The number of ketones is 1. The SMILES string of the molecule is COCCOC(=O)C1=C(C)NC2=C(C(=O)CC(c3cccc(OC)c3)C2)C1c1ccc(C)o1. The van der Waals surface area contributed by atoms with Crippen LogP contribution in [-0.4, -0.2) is 39.2 Å². The number of nitrogens with one attached hydrogen (secondary N) is 1. The number of benzene rings is 1. The quantitative estimate of drug-likeness (QED) is 0.500. The fraction of sp³-hybridized carbons (Fsp3) is 0.385. The Morgan fingerprint density at radius 3 is 2.64 bits per heavy atom. The number of ether oxygens (including phenoxy) is 3. The minimum Gasteiger partial charge on any atom is -0.497 e. The molecular formula is C26H29NO6. The molecule has 2 aliphatic rings. The highest BCUT2D eigenvalue weighted by atomic mass is 16.6. The summed E-state index contributed by atoms with van der Waals surface area (Å²) in [6, 6.07) is 11.5. The summed E-state index contributed by atoms with van der Waals surface area (Å²) in [4.78, 5) is 26.6. The first-order valence-electron chi connectivity index (χ1n) is 11.0. The molecule has 1 aliphatic heterocycles. The van der Waals surface area contributed by atoms with Gasteiger partial charge in [-0.3, -0.25) is 4.79 Å². The van der Waals surface area contributed by atoms with E-state index in [0.29, 0.717) is 47.8 Å². The van der Waals surface area contributed by atoms with Crippen LogP contribution in [0.15, 0.2) is 63.4 Å². The number of carbonyl (C=O) groups is 2. The molecule has 0 saturated carbocycles. The second-order valence-electron chi connectivity index (χ2n) is 8.37. The molecule has 1 aromatic heterocycles. The van der Waals surface area contributed by atoms with Crippen LogP contribution in [0.2, 0.25) is 0 Å². The zero-order valence-electron chi connectivity index (χ0n) is 19.4. The van der Waals surface area contributed by atoms with Gasteiger partial charge in [-0.15, -0.1) is 0 Å². The van der Waals surface area contributed by atoms with Crippen molar-refractivity contribution in [1.29, 1.82) is 0 Å². The molecule has 0 spiro atoms. The summed E-state index contributed by atoms with van der Waals surface area (Å²) >= 11 is 0. The molecule has 7 nitrogen and oxygen atoms in total. The maximum Gasteiger partial charge on any atom is 0.336 e. The van der Waals surface area contributed by atoms with Crippen molar-refractivity contribution in [3.63, 3.8) is 0 Å². The summed E-state index contributed by atoms with van der Waals surface area (Å²) in [5.74, 6) is 0.957. The highest BCUT2D eigenvalue weighted by Gasteiger charge is 2.42. The van der Waals surface area contributed by atoms with Crippen LogP contribution in [0.3, 0.4) is 0 Å². The predicted molar refractivity (Wildman–Crippen MR) is 122 cm³/mol. The van der Waals surface area contributed by atoms with Gasteiger partial charge >= 0.3 is 5.97 Å². The van der Waals surface area contributed by atoms with Gasteiger partial charge in [0.05, 0.1) is 25.2 Å². The van der Waals surface area contributed by atoms with E-state index in [1.165, 1.54) is 0 Å². The molecule has 2 atom stereocenters. The number of allylic oxidation sites excluding steroid dienone is 3. The van der Waals surface area contributed by atoms with E-state index in [0.717, 1.165) is 17.0 Å². The number of esters is 1. The first kappa shape index (κ1) is 22.9. The lowest BCUT2D eigenvalue weighted by Crippen LogP contribution is -2.36. The van der Waals surface area contributed by atoms with Crippen LogP contribution in [0.5, 0.6) is 5.75 Å². The Bertz CT molecular complexity index is 1130. The topological polar surface area (TPSA) is 87.0 Å². The summed E-state index contributed by atoms with van der Waals surface area (Å²) in [7, 11) is 3.18. The normalized spacial score (nSPS) is 20.4. The lowest BCUT2D eigenvalue weighted by Gasteiger charge is -2.35. The maximum absolute atomic E-state index is 13.5. The Morgan fingerprint density at radius 2 is 1.94 bits per heavy atom. The third kappa shape index (κ3) is 4.59. The maximum atomic E-state index is 13.5. The fourth-order valence-electron chi connectivity index (χ4n) is 4.63. The Labute approximate surface area is 193 Å². The van der Waals surface area contributed by atoms with E-state index in [1.807, 2.05) is 50.2 Å². The van der Waals surface area contributed by atoms with E-state index < -0.39 is 11.9 Å². The van der Waals surface area contributed by atoms with Gasteiger partial charge in [-0.2, -0.15) is 0 Å². The van der Waals surface area contributed by atoms with E-state index >= 15 is 0 Å². The first-order valence-corrected chi connectivity index (χ1v) is 11.0. The third-order valence-corrected chi connectivity index (χ3v) is 6.18. The molecule has 1 aliphatic carbocycles. The Morgan fingerprint density at radius 1 is 1.12 bits per heavy atom. The molecule has 7 heteroatoms. The van der Waals surface area contributed by atoms with Crippen LogP contribution < -0.4 is 10.1 Å². The molecule has 2 unspecified atom stereocenters. The molecule has 174 valence electrons. The summed E-state index contributed by atoms with van der Waals surface area (Å²) in [5.41, 5.74) is 3.51. The second kappa shape index (κ2) is 9.67. The third-order valence-electron chi connectivity index (χ3n) is 6.18. The van der Waals surface area contributed by atoms with Crippen molar-refractivity contribution >= 4 is 11.8 Å². The standard InChI is InChI=1S/C26H29NO6/c1-15-8-9-22(33-15)25-23(26(29)32-11-10-30-3)16(2)27-20-13-18(14-21(28)24(20)25)17-6-5-7-19(12-17)31-4/h5-9,12,18,25,27H,10-11,13-14H2,1-4H3. The molecule has 0 radical (unpaired) electrons. The van der Waals surface area contributed by atoms with Gasteiger partial charge in [-0.25, -0.2) is 4.79 Å². The van der Waals surface area contributed by atoms with E-state index in [2.05, 4.69) is 5.32 Å². The molecule has 0 amide bonds. The minimum absolute atomic E-state index is 0.00897. The lowest BCUT2D eigenvalue weighted by molar-refractivity contribution is -0.140. The molecule has 2 aromatic rings. The molecule has 0 fully saturated rings. The van der Waals surface area contributed by atoms with Crippen molar-refractivity contribution in [2.24, 2.45) is 0 Å². The highest BCUT2D eigenvalue weighted by Crippen LogP contribution is 2.46. The number of carbonyl (C=O) groups excluding carboxylic acids is 2. The zero-order chi connectivity index (χ0) is 23.5. The lowest BCUT2D eigenvalue weighted by atomic mass is 9.73. The Kier molecular flexibility index (Phi) is 6.70. The summed E-state index contributed by atoms with van der Waals surface area (Å²) in [6.07, 6.45) is 0.989. The first-order chi connectivity index (χ1) is 15.9. The van der Waals surface area contributed by atoms with Crippen molar-refractivity contribution in [1.82, 2.24) is 5.32 Å². The van der Waals surface area contributed by atoms with Crippen LogP contribution in [0.1, 0.15) is 48.7 Å². The summed E-state index contributed by atoms with van der Waals surface area (Å²) in [6.45, 7) is 4.10. The summed E-state index contributed by atoms with van der Waals surface area (Å²) < 4.78 is 21.7. The van der Waals surface area contributed by atoms with Crippen LogP contribution in [-0.2, 0) is 19.1 Å². The summed E-state index contributed by atoms with van der Waals surface area (Å²) in [5, 5.41) is 3.34. The van der Waals surface area contributed by atoms with Gasteiger partial charge < -0.3 is 23.9 Å². The monoisotopic (exact) mass is 451 g/mol. The molecule has 0 bridgehead atoms. The molecular weight excluding hydrogens is 422 g/mol. The van der Waals surface area contributed by atoms with Gasteiger partial charge in [-0.05, 0) is 56.0 Å². The van der Waals surface area contributed by atoms with Gasteiger partial charge in [-0.1, -0.05) is 12.1 Å². The number of rotatable bonds is 7. The van der Waals surface area contributed by atoms with Gasteiger partial charge in [0.1, 0.15) is 23.9 Å². The zero-order valence-corrected chi connectivity index (χ0v) is 19.4. The van der Waals surface area contributed by atoms with E-state index in [1.54, 1.807) is 14.2 Å². The number of methoxy groups -OCH3 is 2. The van der Waals surface area contributed by atoms with Gasteiger partial charge in [0.15, 0.2) is 5.78 Å². The van der Waals surface area contributed by atoms with E-state index in [9.17, 15) is 9.59 Å². The van der Waals surface area contributed by atoms with E-state index in [-0.39, 0.29) is 18.3 Å².